The molecule has 0 aliphatic carbocycles. The van der Waals surface area contributed by atoms with E-state index in [0.29, 0.717) is 37.8 Å². The van der Waals surface area contributed by atoms with Crippen LogP contribution in [0.2, 0.25) is 10.0 Å². The van der Waals surface area contributed by atoms with E-state index in [1.807, 2.05) is 6.07 Å². The Hall–Kier alpha value is -2.02. The molecule has 5 nitrogen and oxygen atoms in total. The van der Waals surface area contributed by atoms with E-state index in [1.54, 1.807) is 24.3 Å². The Labute approximate surface area is 152 Å². The molecule has 2 aromatic carbocycles. The zero-order valence-corrected chi connectivity index (χ0v) is 15.1. The van der Waals surface area contributed by atoms with Gasteiger partial charge in [0.25, 0.3) is 5.91 Å². The van der Waals surface area contributed by atoms with Gasteiger partial charge in [-0.2, -0.15) is 0 Å². The number of carbonyl (C=O) groups excluding carboxylic acids is 1. The summed E-state index contributed by atoms with van der Waals surface area (Å²) in [6.45, 7) is 0. The summed E-state index contributed by atoms with van der Waals surface area (Å²) >= 11 is 13.4. The van der Waals surface area contributed by atoms with E-state index in [4.69, 9.17) is 32.7 Å². The van der Waals surface area contributed by atoms with E-state index in [2.05, 4.69) is 10.3 Å². The van der Waals surface area contributed by atoms with E-state index in [1.165, 1.54) is 25.6 Å². The number of carbonyl (C=O) groups is 1. The van der Waals surface area contributed by atoms with E-state index in [0.717, 1.165) is 4.70 Å². The van der Waals surface area contributed by atoms with Crippen molar-refractivity contribution in [3.05, 3.63) is 45.9 Å². The fraction of sp³-hybridized carbons (Fsp3) is 0.125. The third-order valence-electron chi connectivity index (χ3n) is 3.32. The monoisotopic (exact) mass is 382 g/mol. The average molecular weight is 383 g/mol. The van der Waals surface area contributed by atoms with Gasteiger partial charge in [0.05, 0.1) is 34.5 Å². The molecule has 1 heterocycles. The highest BCUT2D eigenvalue weighted by Crippen LogP contribution is 2.35. The minimum absolute atomic E-state index is 0.347. The highest BCUT2D eigenvalue weighted by Gasteiger charge is 2.17. The maximum atomic E-state index is 12.6. The second-order valence-corrected chi connectivity index (χ2v) is 6.56. The van der Waals surface area contributed by atoms with Crippen molar-refractivity contribution in [1.82, 2.24) is 4.98 Å². The van der Waals surface area contributed by atoms with Crippen LogP contribution in [-0.2, 0) is 0 Å². The van der Waals surface area contributed by atoms with Crippen LogP contribution in [0.4, 0.5) is 5.13 Å². The van der Waals surface area contributed by atoms with Gasteiger partial charge in [0.2, 0.25) is 0 Å². The number of nitrogens with one attached hydrogen (secondary N) is 1. The van der Waals surface area contributed by atoms with E-state index >= 15 is 0 Å². The molecule has 0 bridgehead atoms. The first-order valence-electron chi connectivity index (χ1n) is 6.81. The standard InChI is InChI=1S/C16H12Cl2N2O3S/c1-22-8-3-5-11(23-2)9(7-8)15(21)20-16-19-14-12(24-16)6-4-10(17)13(14)18/h3-7H,1-2H3,(H,19,20,21). The van der Waals surface area contributed by atoms with Gasteiger partial charge in [0.15, 0.2) is 5.13 Å². The number of hydrogen-bond acceptors (Lipinski definition) is 5. The predicted octanol–water partition coefficient (Wildman–Crippen LogP) is 4.87. The molecule has 0 aliphatic heterocycles. The lowest BCUT2D eigenvalue weighted by Gasteiger charge is -2.09. The zero-order valence-electron chi connectivity index (χ0n) is 12.7. The molecule has 24 heavy (non-hydrogen) atoms. The summed E-state index contributed by atoms with van der Waals surface area (Å²) in [7, 11) is 3.03. The molecular formula is C16H12Cl2N2O3S. The molecule has 0 atom stereocenters. The Morgan fingerprint density at radius 2 is 1.96 bits per heavy atom. The minimum Gasteiger partial charge on any atom is -0.497 e. The largest absolute Gasteiger partial charge is 0.497 e. The first-order valence-corrected chi connectivity index (χ1v) is 8.38. The fourth-order valence-electron chi connectivity index (χ4n) is 2.15. The Morgan fingerprint density at radius 3 is 2.67 bits per heavy atom. The van der Waals surface area contributed by atoms with Crippen LogP contribution in [-0.4, -0.2) is 25.1 Å². The molecule has 3 aromatic rings. The van der Waals surface area contributed by atoms with Crippen LogP contribution in [0.5, 0.6) is 11.5 Å². The summed E-state index contributed by atoms with van der Waals surface area (Å²) in [5, 5.41) is 3.96. The number of halogens is 2. The van der Waals surface area contributed by atoms with Gasteiger partial charge < -0.3 is 9.47 Å². The van der Waals surface area contributed by atoms with Gasteiger partial charge in [-0.05, 0) is 30.3 Å². The van der Waals surface area contributed by atoms with Crippen LogP contribution >= 0.6 is 34.5 Å². The minimum atomic E-state index is -0.355. The molecule has 8 heteroatoms. The normalized spacial score (nSPS) is 10.7. The molecule has 1 amide bonds. The summed E-state index contributed by atoms with van der Waals surface area (Å²) in [6.07, 6.45) is 0. The summed E-state index contributed by atoms with van der Waals surface area (Å²) in [6, 6.07) is 8.49. The summed E-state index contributed by atoms with van der Waals surface area (Å²) in [5.41, 5.74) is 0.905. The first kappa shape index (κ1) is 16.8. The molecule has 3 rings (SSSR count). The summed E-state index contributed by atoms with van der Waals surface area (Å²) < 4.78 is 11.2. The van der Waals surface area contributed by atoms with Crippen LogP contribution in [0.25, 0.3) is 10.2 Å². The van der Waals surface area contributed by atoms with E-state index in [-0.39, 0.29) is 5.91 Å². The third-order valence-corrected chi connectivity index (χ3v) is 5.05. The summed E-state index contributed by atoms with van der Waals surface area (Å²) in [4.78, 5) is 16.9. The molecule has 0 spiro atoms. The van der Waals surface area contributed by atoms with Crippen LogP contribution < -0.4 is 14.8 Å². The molecule has 0 saturated carbocycles. The quantitative estimate of drug-likeness (QED) is 0.698. The van der Waals surface area contributed by atoms with Crippen LogP contribution in [0.1, 0.15) is 10.4 Å². The molecular weight excluding hydrogens is 371 g/mol. The molecule has 1 aromatic heterocycles. The number of ether oxygens (including phenoxy) is 2. The molecule has 0 unspecified atom stereocenters. The van der Waals surface area contributed by atoms with Crippen molar-refractivity contribution in [3.8, 4) is 11.5 Å². The molecule has 1 N–H and O–H groups in total. The number of hydrogen-bond donors (Lipinski definition) is 1. The fourth-order valence-corrected chi connectivity index (χ4v) is 3.43. The Morgan fingerprint density at radius 1 is 1.17 bits per heavy atom. The van der Waals surface area contributed by atoms with Gasteiger partial charge in [0, 0.05) is 0 Å². The van der Waals surface area contributed by atoms with Crippen LogP contribution in [0, 0.1) is 0 Å². The predicted molar refractivity (Wildman–Crippen MR) is 97.1 cm³/mol. The van der Waals surface area contributed by atoms with Gasteiger partial charge >= 0.3 is 0 Å². The number of thiazole rings is 1. The Bertz CT molecular complexity index is 927. The number of nitrogens with zero attached hydrogens (tertiary/aromatic N) is 1. The Balaban J connectivity index is 1.94. The van der Waals surface area contributed by atoms with Gasteiger partial charge in [0.1, 0.15) is 17.0 Å². The van der Waals surface area contributed by atoms with E-state index in [9.17, 15) is 4.79 Å². The van der Waals surface area contributed by atoms with Gasteiger partial charge in [-0.3, -0.25) is 10.1 Å². The van der Waals surface area contributed by atoms with Crippen molar-refractivity contribution in [3.63, 3.8) is 0 Å². The SMILES string of the molecule is COc1ccc(OC)c(C(=O)Nc2nc3c(Cl)c(Cl)ccc3s2)c1. The maximum Gasteiger partial charge on any atom is 0.261 e. The number of benzene rings is 2. The van der Waals surface area contributed by atoms with Crippen molar-refractivity contribution < 1.29 is 14.3 Å². The van der Waals surface area contributed by atoms with Gasteiger partial charge in [-0.15, -0.1) is 0 Å². The van der Waals surface area contributed by atoms with Gasteiger partial charge in [-0.25, -0.2) is 4.98 Å². The highest BCUT2D eigenvalue weighted by molar-refractivity contribution is 7.22. The molecule has 0 radical (unpaired) electrons. The van der Waals surface area contributed by atoms with Crippen molar-refractivity contribution in [2.45, 2.75) is 0 Å². The lowest BCUT2D eigenvalue weighted by atomic mass is 10.2. The van der Waals surface area contributed by atoms with Crippen molar-refractivity contribution in [1.29, 1.82) is 0 Å². The van der Waals surface area contributed by atoms with E-state index < -0.39 is 0 Å². The number of amides is 1. The summed E-state index contributed by atoms with van der Waals surface area (Å²) in [5.74, 6) is 0.641. The third kappa shape index (κ3) is 3.13. The van der Waals surface area contributed by atoms with Crippen LogP contribution in [0.3, 0.4) is 0 Å². The first-order chi connectivity index (χ1) is 11.5. The number of fused-ring (bicyclic) bond motifs is 1. The zero-order chi connectivity index (χ0) is 17.3. The van der Waals surface area contributed by atoms with Crippen molar-refractivity contribution in [2.75, 3.05) is 19.5 Å². The average Bonchev–Trinajstić information content (AvgIpc) is 3.01. The number of aromatic nitrogens is 1. The second kappa shape index (κ2) is 6.84. The molecule has 0 aliphatic rings. The van der Waals surface area contributed by atoms with Crippen LogP contribution in [0.15, 0.2) is 30.3 Å². The Kier molecular flexibility index (Phi) is 4.80. The maximum absolute atomic E-state index is 12.6. The van der Waals surface area contributed by atoms with Crippen molar-refractivity contribution >= 4 is 55.8 Å². The molecule has 0 saturated heterocycles. The molecule has 0 fully saturated rings. The van der Waals surface area contributed by atoms with Crippen molar-refractivity contribution in [2.24, 2.45) is 0 Å². The van der Waals surface area contributed by atoms with Gasteiger partial charge in [-0.1, -0.05) is 34.5 Å². The lowest BCUT2D eigenvalue weighted by Crippen LogP contribution is -2.13. The second-order valence-electron chi connectivity index (χ2n) is 4.75. The molecule has 124 valence electrons. The number of anilines is 1. The highest BCUT2D eigenvalue weighted by atomic mass is 35.5. The number of rotatable bonds is 4. The lowest BCUT2D eigenvalue weighted by molar-refractivity contribution is 0.102. The topological polar surface area (TPSA) is 60.5 Å². The smallest absolute Gasteiger partial charge is 0.261 e. The number of methoxy groups -OCH3 is 2.